The lowest BCUT2D eigenvalue weighted by Crippen LogP contribution is -2.31. The van der Waals surface area contributed by atoms with E-state index in [0.717, 1.165) is 0 Å². The molecule has 13 nitrogen and oxygen atoms in total. The van der Waals surface area contributed by atoms with Gasteiger partial charge in [0, 0.05) is 0 Å². The molecule has 0 saturated carbocycles. The second-order valence-electron chi connectivity index (χ2n) is 3.13. The summed E-state index contributed by atoms with van der Waals surface area (Å²) in [5, 5.41) is 0. The maximum atomic E-state index is 5.39. The van der Waals surface area contributed by atoms with Gasteiger partial charge < -0.3 is 22.9 Å². The SMILES string of the molecule is Nc1nc(N)nc(NNNc2nc(N)nc(N)n2)n1. The Morgan fingerprint density at radius 2 is 0.842 bits per heavy atom. The van der Waals surface area contributed by atoms with Crippen LogP contribution in [-0.4, -0.2) is 29.9 Å². The van der Waals surface area contributed by atoms with E-state index in [1.165, 1.54) is 0 Å². The van der Waals surface area contributed by atoms with Crippen molar-refractivity contribution in [3.8, 4) is 0 Å². The third-order valence-electron chi connectivity index (χ3n) is 1.69. The predicted octanol–water partition coefficient (Wildman–Crippen LogP) is -2.67. The minimum atomic E-state index is -0.0227. The molecule has 0 bridgehead atoms. The Hall–Kier alpha value is -3.22. The van der Waals surface area contributed by atoms with Gasteiger partial charge in [-0.15, -0.1) is 5.53 Å². The van der Waals surface area contributed by atoms with E-state index in [1.807, 2.05) is 0 Å². The van der Waals surface area contributed by atoms with Crippen LogP contribution < -0.4 is 39.3 Å². The predicted molar refractivity (Wildman–Crippen MR) is 67.7 cm³/mol. The molecule has 13 heteroatoms. The normalized spacial score (nSPS) is 10.1. The molecule has 0 fully saturated rings. The Labute approximate surface area is 106 Å². The van der Waals surface area contributed by atoms with Crippen LogP contribution in [0.5, 0.6) is 0 Å². The van der Waals surface area contributed by atoms with E-state index in [1.54, 1.807) is 0 Å². The van der Waals surface area contributed by atoms with Crippen LogP contribution in [0.1, 0.15) is 0 Å². The van der Waals surface area contributed by atoms with Gasteiger partial charge in [0.25, 0.3) is 0 Å². The minimum Gasteiger partial charge on any atom is -0.368 e. The summed E-state index contributed by atoms with van der Waals surface area (Å²) in [5.74, 6) is 0.117. The molecule has 0 aliphatic heterocycles. The number of nitrogens with two attached hydrogens (primary N) is 4. The molecule has 0 aliphatic carbocycles. The lowest BCUT2D eigenvalue weighted by Gasteiger charge is -2.08. The standard InChI is InChI=1S/C6H11N13/c7-1-11-2(8)14-5(13-1)17-19-18-6-15-3(9)12-4(10)16-6/h19H,(H5,7,8,11,13,14,17)(H5,9,10,12,15,16,18). The van der Waals surface area contributed by atoms with Crippen molar-refractivity contribution in [2.45, 2.75) is 0 Å². The zero-order valence-corrected chi connectivity index (χ0v) is 9.49. The van der Waals surface area contributed by atoms with E-state index in [-0.39, 0.29) is 35.7 Å². The third-order valence-corrected chi connectivity index (χ3v) is 1.69. The summed E-state index contributed by atoms with van der Waals surface area (Å²) in [7, 11) is 0. The molecular weight excluding hydrogens is 254 g/mol. The number of aromatic nitrogens is 6. The summed E-state index contributed by atoms with van der Waals surface area (Å²) < 4.78 is 0. The third kappa shape index (κ3) is 3.37. The van der Waals surface area contributed by atoms with Gasteiger partial charge in [0.2, 0.25) is 35.7 Å². The van der Waals surface area contributed by atoms with Crippen LogP contribution in [0.3, 0.4) is 0 Å². The van der Waals surface area contributed by atoms with Crippen molar-refractivity contribution in [2.24, 2.45) is 0 Å². The average molecular weight is 265 g/mol. The molecule has 2 aromatic rings. The fraction of sp³-hybridized carbons (Fsp3) is 0. The fourth-order valence-corrected chi connectivity index (χ4v) is 1.07. The Balaban J connectivity index is 1.96. The van der Waals surface area contributed by atoms with Crippen LogP contribution >= 0.6 is 0 Å². The number of rotatable bonds is 4. The monoisotopic (exact) mass is 265 g/mol. The highest BCUT2D eigenvalue weighted by Crippen LogP contribution is 2.03. The topological polar surface area (TPSA) is 218 Å². The lowest BCUT2D eigenvalue weighted by molar-refractivity contribution is 0.881. The van der Waals surface area contributed by atoms with Gasteiger partial charge in [0.05, 0.1) is 0 Å². The summed E-state index contributed by atoms with van der Waals surface area (Å²) in [6.07, 6.45) is 0. The van der Waals surface area contributed by atoms with Crippen LogP contribution in [0.25, 0.3) is 0 Å². The average Bonchev–Trinajstić information content (AvgIpc) is 2.26. The molecule has 2 heterocycles. The number of hydrazine groups is 2. The second kappa shape index (κ2) is 4.96. The first-order valence-corrected chi connectivity index (χ1v) is 4.84. The van der Waals surface area contributed by atoms with Crippen LogP contribution in [0.15, 0.2) is 0 Å². The van der Waals surface area contributed by atoms with E-state index >= 15 is 0 Å². The number of hydrogen-bond acceptors (Lipinski definition) is 13. The van der Waals surface area contributed by atoms with Gasteiger partial charge >= 0.3 is 0 Å². The van der Waals surface area contributed by atoms with Gasteiger partial charge in [-0.3, -0.25) is 10.9 Å². The molecule has 100 valence electrons. The molecule has 2 aromatic heterocycles. The van der Waals surface area contributed by atoms with Gasteiger partial charge in [-0.25, -0.2) is 0 Å². The summed E-state index contributed by atoms with van der Waals surface area (Å²) in [6.45, 7) is 0. The van der Waals surface area contributed by atoms with E-state index < -0.39 is 0 Å². The van der Waals surface area contributed by atoms with Crippen molar-refractivity contribution in [3.63, 3.8) is 0 Å². The molecule has 2 rings (SSSR count). The highest BCUT2D eigenvalue weighted by molar-refractivity contribution is 5.39. The van der Waals surface area contributed by atoms with E-state index in [2.05, 4.69) is 46.3 Å². The Morgan fingerprint density at radius 3 is 1.16 bits per heavy atom. The largest absolute Gasteiger partial charge is 0.368 e. The molecule has 0 spiro atoms. The highest BCUT2D eigenvalue weighted by atomic mass is 15.6. The summed E-state index contributed by atoms with van der Waals surface area (Å²) in [5.41, 5.74) is 29.1. The Kier molecular flexibility index (Phi) is 3.20. The lowest BCUT2D eigenvalue weighted by atomic mass is 10.8. The van der Waals surface area contributed by atoms with Crippen molar-refractivity contribution in [1.29, 1.82) is 0 Å². The van der Waals surface area contributed by atoms with Crippen molar-refractivity contribution in [3.05, 3.63) is 0 Å². The Bertz CT molecular complexity index is 489. The smallest absolute Gasteiger partial charge is 0.245 e. The first kappa shape index (κ1) is 12.2. The number of nitrogen functional groups attached to an aromatic ring is 4. The maximum absolute atomic E-state index is 5.39. The van der Waals surface area contributed by atoms with Gasteiger partial charge in [0.1, 0.15) is 0 Å². The van der Waals surface area contributed by atoms with Gasteiger partial charge in [-0.05, 0) is 0 Å². The molecule has 0 radical (unpaired) electrons. The summed E-state index contributed by atoms with van der Waals surface area (Å²) in [4.78, 5) is 22.2. The molecule has 0 atom stereocenters. The first-order chi connectivity index (χ1) is 9.02. The van der Waals surface area contributed by atoms with Crippen molar-refractivity contribution < 1.29 is 0 Å². The van der Waals surface area contributed by atoms with E-state index in [0.29, 0.717) is 0 Å². The van der Waals surface area contributed by atoms with Crippen molar-refractivity contribution >= 4 is 35.7 Å². The second-order valence-corrected chi connectivity index (χ2v) is 3.13. The zero-order chi connectivity index (χ0) is 13.8. The van der Waals surface area contributed by atoms with Crippen LogP contribution in [0.2, 0.25) is 0 Å². The maximum Gasteiger partial charge on any atom is 0.245 e. The molecule has 0 aromatic carbocycles. The number of nitrogens with one attached hydrogen (secondary N) is 3. The van der Waals surface area contributed by atoms with E-state index in [4.69, 9.17) is 22.9 Å². The highest BCUT2D eigenvalue weighted by Gasteiger charge is 2.02. The molecule has 0 unspecified atom stereocenters. The van der Waals surface area contributed by atoms with Gasteiger partial charge in [0.15, 0.2) is 0 Å². The van der Waals surface area contributed by atoms with Crippen LogP contribution in [0.4, 0.5) is 35.7 Å². The number of anilines is 6. The molecule has 11 N–H and O–H groups in total. The molecule has 19 heavy (non-hydrogen) atoms. The summed E-state index contributed by atoms with van der Waals surface area (Å²) >= 11 is 0. The fourth-order valence-electron chi connectivity index (χ4n) is 1.07. The quantitative estimate of drug-likeness (QED) is 0.281. The van der Waals surface area contributed by atoms with Crippen molar-refractivity contribution in [2.75, 3.05) is 33.8 Å². The molecule has 0 saturated heterocycles. The first-order valence-electron chi connectivity index (χ1n) is 4.84. The van der Waals surface area contributed by atoms with Gasteiger partial charge in [-0.1, -0.05) is 0 Å². The molecule has 0 aliphatic rings. The van der Waals surface area contributed by atoms with Crippen LogP contribution in [-0.2, 0) is 0 Å². The van der Waals surface area contributed by atoms with E-state index in [9.17, 15) is 0 Å². The number of hydrogen-bond donors (Lipinski definition) is 7. The van der Waals surface area contributed by atoms with Gasteiger partial charge in [-0.2, -0.15) is 29.9 Å². The minimum absolute atomic E-state index is 0.0227. The summed E-state index contributed by atoms with van der Waals surface area (Å²) in [6, 6.07) is 0. The Morgan fingerprint density at radius 1 is 0.526 bits per heavy atom. The zero-order valence-electron chi connectivity index (χ0n) is 9.49. The van der Waals surface area contributed by atoms with Crippen LogP contribution in [0, 0.1) is 0 Å². The molecular formula is C6H11N13. The van der Waals surface area contributed by atoms with Crippen molar-refractivity contribution in [1.82, 2.24) is 35.4 Å². The molecule has 0 amide bonds. The number of nitrogens with zero attached hydrogens (tertiary/aromatic N) is 6.